The van der Waals surface area contributed by atoms with Gasteiger partial charge in [-0.1, -0.05) is 18.2 Å². The Kier molecular flexibility index (Phi) is 2.62. The Labute approximate surface area is 105 Å². The van der Waals surface area contributed by atoms with Crippen molar-refractivity contribution in [3.05, 3.63) is 35.9 Å². The Morgan fingerprint density at radius 3 is 2.94 bits per heavy atom. The van der Waals surface area contributed by atoms with Crippen LogP contribution in [0.5, 0.6) is 0 Å². The third-order valence-electron chi connectivity index (χ3n) is 3.31. The minimum absolute atomic E-state index is 0.288. The van der Waals surface area contributed by atoms with E-state index in [-0.39, 0.29) is 6.10 Å². The predicted octanol–water partition coefficient (Wildman–Crippen LogP) is 1.68. The van der Waals surface area contributed by atoms with Crippen molar-refractivity contribution in [1.82, 2.24) is 4.98 Å². The van der Waals surface area contributed by atoms with Gasteiger partial charge in [0, 0.05) is 18.5 Å². The molecule has 0 aliphatic carbocycles. The molecule has 4 heteroatoms. The number of pyridine rings is 1. The lowest BCUT2D eigenvalue weighted by molar-refractivity contribution is 0.198. The largest absolute Gasteiger partial charge is 0.391 e. The number of aliphatic hydroxyl groups excluding tert-OH is 1. The summed E-state index contributed by atoms with van der Waals surface area (Å²) in [5.74, 6) is 0.779. The molecule has 0 spiro atoms. The quantitative estimate of drug-likeness (QED) is 0.822. The van der Waals surface area contributed by atoms with Crippen LogP contribution in [0.1, 0.15) is 12.0 Å². The maximum atomic E-state index is 9.57. The number of benzene rings is 1. The Morgan fingerprint density at radius 2 is 2.22 bits per heavy atom. The third kappa shape index (κ3) is 1.79. The van der Waals surface area contributed by atoms with Crippen LogP contribution in [0.2, 0.25) is 0 Å². The van der Waals surface area contributed by atoms with Crippen molar-refractivity contribution in [1.29, 1.82) is 5.26 Å². The molecule has 1 aromatic carbocycles. The van der Waals surface area contributed by atoms with Crippen LogP contribution < -0.4 is 4.90 Å². The van der Waals surface area contributed by atoms with Crippen LogP contribution in [0.25, 0.3) is 10.9 Å². The first-order valence-corrected chi connectivity index (χ1v) is 6.01. The molecule has 0 saturated carbocycles. The molecule has 3 rings (SSSR count). The standard InChI is InChI=1S/C14H13N3O/c15-8-10-7-14(17-6-5-11(18)9-17)16-13-4-2-1-3-12(10)13/h1-4,7,11,18H,5-6,9H2. The second-order valence-corrected chi connectivity index (χ2v) is 4.55. The zero-order valence-corrected chi connectivity index (χ0v) is 9.87. The van der Waals surface area contributed by atoms with Gasteiger partial charge in [-0.2, -0.15) is 5.26 Å². The predicted molar refractivity (Wildman–Crippen MR) is 69.3 cm³/mol. The van der Waals surface area contributed by atoms with Crippen molar-refractivity contribution in [3.63, 3.8) is 0 Å². The van der Waals surface area contributed by atoms with E-state index in [0.29, 0.717) is 12.1 Å². The fourth-order valence-corrected chi connectivity index (χ4v) is 2.37. The summed E-state index contributed by atoms with van der Waals surface area (Å²) in [4.78, 5) is 6.59. The molecule has 0 bridgehead atoms. The number of hydrogen-bond acceptors (Lipinski definition) is 4. The molecule has 1 atom stereocenters. The first kappa shape index (κ1) is 11.0. The number of hydrogen-bond donors (Lipinski definition) is 1. The van der Waals surface area contributed by atoms with Crippen LogP contribution in [-0.2, 0) is 0 Å². The monoisotopic (exact) mass is 239 g/mol. The van der Waals surface area contributed by atoms with Crippen LogP contribution in [-0.4, -0.2) is 29.3 Å². The van der Waals surface area contributed by atoms with Crippen LogP contribution in [0, 0.1) is 11.3 Å². The Morgan fingerprint density at radius 1 is 1.39 bits per heavy atom. The molecule has 1 unspecified atom stereocenters. The molecule has 1 N–H and O–H groups in total. The number of fused-ring (bicyclic) bond motifs is 1. The number of anilines is 1. The van der Waals surface area contributed by atoms with E-state index in [1.54, 1.807) is 6.07 Å². The van der Waals surface area contributed by atoms with Crippen molar-refractivity contribution in [2.75, 3.05) is 18.0 Å². The Bertz CT molecular complexity index is 632. The van der Waals surface area contributed by atoms with Gasteiger partial charge in [0.15, 0.2) is 0 Å². The van der Waals surface area contributed by atoms with Gasteiger partial charge in [-0.15, -0.1) is 0 Å². The lowest BCUT2D eigenvalue weighted by atomic mass is 10.1. The zero-order chi connectivity index (χ0) is 12.5. The number of aliphatic hydroxyl groups is 1. The van der Waals surface area contributed by atoms with Crippen molar-refractivity contribution >= 4 is 16.7 Å². The highest BCUT2D eigenvalue weighted by molar-refractivity contribution is 5.86. The summed E-state index contributed by atoms with van der Waals surface area (Å²) in [6.45, 7) is 1.38. The van der Waals surface area contributed by atoms with Gasteiger partial charge >= 0.3 is 0 Å². The summed E-state index contributed by atoms with van der Waals surface area (Å²) >= 11 is 0. The van der Waals surface area contributed by atoms with E-state index in [1.165, 1.54) is 0 Å². The first-order valence-electron chi connectivity index (χ1n) is 6.01. The van der Waals surface area contributed by atoms with Gasteiger partial charge in [-0.3, -0.25) is 0 Å². The summed E-state index contributed by atoms with van der Waals surface area (Å²) < 4.78 is 0. The van der Waals surface area contributed by atoms with Gasteiger partial charge in [0.1, 0.15) is 5.82 Å². The average Bonchev–Trinajstić information content (AvgIpc) is 2.84. The maximum Gasteiger partial charge on any atom is 0.130 e. The molecule has 0 amide bonds. The van der Waals surface area contributed by atoms with E-state index in [2.05, 4.69) is 11.1 Å². The molecule has 0 radical (unpaired) electrons. The number of para-hydroxylation sites is 1. The summed E-state index contributed by atoms with van der Waals surface area (Å²) in [5.41, 5.74) is 1.46. The number of aromatic nitrogens is 1. The maximum absolute atomic E-state index is 9.57. The van der Waals surface area contributed by atoms with E-state index >= 15 is 0 Å². The molecule has 90 valence electrons. The van der Waals surface area contributed by atoms with Crippen molar-refractivity contribution < 1.29 is 5.11 Å². The number of β-amino-alcohol motifs (C(OH)–C–C–N with tert-alkyl or cyclic N) is 1. The van der Waals surface area contributed by atoms with Gasteiger partial charge in [-0.05, 0) is 18.6 Å². The van der Waals surface area contributed by atoms with E-state index in [9.17, 15) is 10.4 Å². The lowest BCUT2D eigenvalue weighted by Gasteiger charge is -2.17. The van der Waals surface area contributed by atoms with Crippen molar-refractivity contribution in [2.45, 2.75) is 12.5 Å². The molecule has 1 aromatic heterocycles. The minimum atomic E-state index is -0.288. The van der Waals surface area contributed by atoms with Gasteiger partial charge in [0.2, 0.25) is 0 Å². The second kappa shape index (κ2) is 4.28. The lowest BCUT2D eigenvalue weighted by Crippen LogP contribution is -2.22. The van der Waals surface area contributed by atoms with Crippen LogP contribution in [0.3, 0.4) is 0 Å². The molecular weight excluding hydrogens is 226 g/mol. The molecule has 2 aromatic rings. The highest BCUT2D eigenvalue weighted by Crippen LogP contribution is 2.24. The van der Waals surface area contributed by atoms with Gasteiger partial charge < -0.3 is 10.0 Å². The first-order chi connectivity index (χ1) is 8.78. The average molecular weight is 239 g/mol. The summed E-state index contributed by atoms with van der Waals surface area (Å²) in [5, 5.41) is 19.7. The molecule has 1 fully saturated rings. The second-order valence-electron chi connectivity index (χ2n) is 4.55. The number of nitriles is 1. The molecule has 1 aliphatic heterocycles. The molecule has 18 heavy (non-hydrogen) atoms. The Hall–Kier alpha value is -2.12. The smallest absolute Gasteiger partial charge is 0.130 e. The van der Waals surface area contributed by atoms with Gasteiger partial charge in [-0.25, -0.2) is 4.98 Å². The fraction of sp³-hybridized carbons (Fsp3) is 0.286. The normalized spacial score (nSPS) is 19.1. The van der Waals surface area contributed by atoms with Gasteiger partial charge in [0.25, 0.3) is 0 Å². The third-order valence-corrected chi connectivity index (χ3v) is 3.31. The van der Waals surface area contributed by atoms with E-state index in [1.807, 2.05) is 29.2 Å². The summed E-state index contributed by atoms with van der Waals surface area (Å²) in [6, 6.07) is 11.7. The highest BCUT2D eigenvalue weighted by atomic mass is 16.3. The number of rotatable bonds is 1. The van der Waals surface area contributed by atoms with E-state index in [0.717, 1.165) is 29.7 Å². The number of nitrogens with zero attached hydrogens (tertiary/aromatic N) is 3. The van der Waals surface area contributed by atoms with E-state index < -0.39 is 0 Å². The minimum Gasteiger partial charge on any atom is -0.391 e. The summed E-state index contributed by atoms with van der Waals surface area (Å²) in [6.07, 6.45) is 0.472. The zero-order valence-electron chi connectivity index (χ0n) is 9.87. The molecule has 2 heterocycles. The topological polar surface area (TPSA) is 60.2 Å². The van der Waals surface area contributed by atoms with Crippen LogP contribution >= 0.6 is 0 Å². The Balaban J connectivity index is 2.11. The van der Waals surface area contributed by atoms with Crippen LogP contribution in [0.4, 0.5) is 5.82 Å². The molecule has 1 aliphatic rings. The highest BCUT2D eigenvalue weighted by Gasteiger charge is 2.22. The van der Waals surface area contributed by atoms with Crippen molar-refractivity contribution in [2.24, 2.45) is 0 Å². The summed E-state index contributed by atoms with van der Waals surface area (Å²) in [7, 11) is 0. The molecular formula is C14H13N3O. The van der Waals surface area contributed by atoms with Gasteiger partial charge in [0.05, 0.1) is 23.3 Å². The van der Waals surface area contributed by atoms with Crippen LogP contribution in [0.15, 0.2) is 30.3 Å². The van der Waals surface area contributed by atoms with Crippen molar-refractivity contribution in [3.8, 4) is 6.07 Å². The fourth-order valence-electron chi connectivity index (χ4n) is 2.37. The molecule has 1 saturated heterocycles. The SMILES string of the molecule is N#Cc1cc(N2CCC(O)C2)nc2ccccc12. The van der Waals surface area contributed by atoms with E-state index in [4.69, 9.17) is 0 Å². The molecule has 4 nitrogen and oxygen atoms in total.